The summed E-state index contributed by atoms with van der Waals surface area (Å²) in [6.07, 6.45) is 3.56. The first-order chi connectivity index (χ1) is 7.57. The summed E-state index contributed by atoms with van der Waals surface area (Å²) in [6, 6.07) is 0. The Morgan fingerprint density at radius 1 is 1.50 bits per heavy atom. The molecular formula is C12H20N2OS. The fraction of sp³-hybridized carbons (Fsp3) is 0.750. The number of likely N-dealkylation sites (tertiary alicyclic amines) is 1. The van der Waals surface area contributed by atoms with E-state index < -0.39 is 5.60 Å². The van der Waals surface area contributed by atoms with E-state index in [-0.39, 0.29) is 0 Å². The Hall–Kier alpha value is -0.450. The van der Waals surface area contributed by atoms with Gasteiger partial charge in [-0.15, -0.1) is 11.3 Å². The van der Waals surface area contributed by atoms with E-state index in [9.17, 15) is 5.11 Å². The lowest BCUT2D eigenvalue weighted by atomic mass is 9.91. The third-order valence-electron chi connectivity index (χ3n) is 3.29. The first-order valence-electron chi connectivity index (χ1n) is 5.89. The maximum absolute atomic E-state index is 10.6. The second-order valence-electron chi connectivity index (χ2n) is 4.94. The molecule has 1 aromatic rings. The smallest absolute Gasteiger partial charge is 0.0956 e. The fourth-order valence-electron chi connectivity index (χ4n) is 2.26. The maximum Gasteiger partial charge on any atom is 0.0956 e. The molecule has 0 bridgehead atoms. The average Bonchev–Trinajstić information content (AvgIpc) is 2.53. The second-order valence-corrected chi connectivity index (χ2v) is 5.88. The molecule has 3 nitrogen and oxygen atoms in total. The van der Waals surface area contributed by atoms with Crippen molar-refractivity contribution in [3.63, 3.8) is 0 Å². The lowest BCUT2D eigenvalue weighted by molar-refractivity contribution is 0.0262. The highest BCUT2D eigenvalue weighted by molar-refractivity contribution is 7.09. The molecule has 0 aromatic carbocycles. The molecule has 90 valence electrons. The number of hydrogen-bond donors (Lipinski definition) is 1. The zero-order chi connectivity index (χ0) is 11.6. The van der Waals surface area contributed by atoms with Crippen LogP contribution in [0.3, 0.4) is 0 Å². The maximum atomic E-state index is 10.6. The zero-order valence-electron chi connectivity index (χ0n) is 10.1. The van der Waals surface area contributed by atoms with Crippen LogP contribution in [0.1, 0.15) is 30.0 Å². The van der Waals surface area contributed by atoms with Crippen molar-refractivity contribution < 1.29 is 5.11 Å². The van der Waals surface area contributed by atoms with Crippen LogP contribution in [0.15, 0.2) is 5.38 Å². The predicted molar refractivity (Wildman–Crippen MR) is 66.9 cm³/mol. The average molecular weight is 240 g/mol. The summed E-state index contributed by atoms with van der Waals surface area (Å²) in [4.78, 5) is 6.74. The first-order valence-corrected chi connectivity index (χ1v) is 6.77. The second kappa shape index (κ2) is 4.82. The minimum atomic E-state index is -0.533. The molecule has 1 fully saturated rings. The van der Waals surface area contributed by atoms with Crippen molar-refractivity contribution in [2.45, 2.75) is 38.2 Å². The molecule has 16 heavy (non-hydrogen) atoms. The van der Waals surface area contributed by atoms with Gasteiger partial charge in [-0.2, -0.15) is 0 Å². The predicted octanol–water partition coefficient (Wildman–Crippen LogP) is 1.84. The van der Waals surface area contributed by atoms with E-state index in [2.05, 4.69) is 22.3 Å². The van der Waals surface area contributed by atoms with Crippen LogP contribution in [-0.4, -0.2) is 40.7 Å². The van der Waals surface area contributed by atoms with Gasteiger partial charge in [0.1, 0.15) is 0 Å². The van der Waals surface area contributed by atoms with E-state index in [1.54, 1.807) is 11.3 Å². The largest absolute Gasteiger partial charge is 0.389 e. The summed E-state index contributed by atoms with van der Waals surface area (Å²) in [5.41, 5.74) is 0.532. The SMILES string of the molecule is Cc1csc(CC2(O)CCCN(C)CC2)n1. The Bertz CT molecular complexity index is 353. The minimum Gasteiger partial charge on any atom is -0.389 e. The topological polar surface area (TPSA) is 36.4 Å². The van der Waals surface area contributed by atoms with Crippen molar-refractivity contribution in [1.82, 2.24) is 9.88 Å². The van der Waals surface area contributed by atoms with E-state index in [4.69, 9.17) is 0 Å². The molecule has 1 unspecified atom stereocenters. The molecule has 4 heteroatoms. The highest BCUT2D eigenvalue weighted by Gasteiger charge is 2.30. The first kappa shape index (κ1) is 12.0. The summed E-state index contributed by atoms with van der Waals surface area (Å²) < 4.78 is 0. The van der Waals surface area contributed by atoms with Crippen molar-refractivity contribution in [1.29, 1.82) is 0 Å². The molecular weight excluding hydrogens is 220 g/mol. The molecule has 1 aromatic heterocycles. The Morgan fingerprint density at radius 3 is 3.00 bits per heavy atom. The normalized spacial score (nSPS) is 27.9. The summed E-state index contributed by atoms with van der Waals surface area (Å²) in [7, 11) is 2.12. The summed E-state index contributed by atoms with van der Waals surface area (Å²) in [5, 5.41) is 13.7. The molecule has 0 radical (unpaired) electrons. The van der Waals surface area contributed by atoms with Gasteiger partial charge < -0.3 is 10.0 Å². The molecule has 2 heterocycles. The van der Waals surface area contributed by atoms with Gasteiger partial charge in [-0.25, -0.2) is 4.98 Å². The number of hydrogen-bond acceptors (Lipinski definition) is 4. The van der Waals surface area contributed by atoms with Gasteiger partial charge in [0.25, 0.3) is 0 Å². The molecule has 1 N–H and O–H groups in total. The Balaban J connectivity index is 2.01. The van der Waals surface area contributed by atoms with Gasteiger partial charge in [-0.1, -0.05) is 0 Å². The summed E-state index contributed by atoms with van der Waals surface area (Å²) >= 11 is 1.66. The van der Waals surface area contributed by atoms with Gasteiger partial charge in [0.15, 0.2) is 0 Å². The van der Waals surface area contributed by atoms with Gasteiger partial charge in [0, 0.05) is 24.0 Å². The Kier molecular flexibility index (Phi) is 3.62. The lowest BCUT2D eigenvalue weighted by Crippen LogP contribution is -2.32. The quantitative estimate of drug-likeness (QED) is 0.857. The zero-order valence-corrected chi connectivity index (χ0v) is 10.9. The summed E-state index contributed by atoms with van der Waals surface area (Å²) in [5.74, 6) is 0. The monoisotopic (exact) mass is 240 g/mol. The van der Waals surface area contributed by atoms with Crippen molar-refractivity contribution in [3.05, 3.63) is 16.1 Å². The van der Waals surface area contributed by atoms with Crippen LogP contribution in [-0.2, 0) is 6.42 Å². The van der Waals surface area contributed by atoms with Gasteiger partial charge in [0.05, 0.1) is 10.6 Å². The Labute approximate surface area is 101 Å². The van der Waals surface area contributed by atoms with Crippen molar-refractivity contribution in [2.24, 2.45) is 0 Å². The molecule has 2 rings (SSSR count). The van der Waals surface area contributed by atoms with Gasteiger partial charge in [0.2, 0.25) is 0 Å². The third kappa shape index (κ3) is 3.03. The minimum absolute atomic E-state index is 0.533. The van der Waals surface area contributed by atoms with E-state index in [0.717, 1.165) is 49.5 Å². The number of nitrogens with zero attached hydrogens (tertiary/aromatic N) is 2. The van der Waals surface area contributed by atoms with Crippen LogP contribution >= 0.6 is 11.3 Å². The van der Waals surface area contributed by atoms with Crippen LogP contribution in [0.2, 0.25) is 0 Å². The number of aryl methyl sites for hydroxylation is 1. The van der Waals surface area contributed by atoms with Crippen LogP contribution in [0.25, 0.3) is 0 Å². The lowest BCUT2D eigenvalue weighted by Gasteiger charge is -2.25. The summed E-state index contributed by atoms with van der Waals surface area (Å²) in [6.45, 7) is 4.09. The number of aliphatic hydroxyl groups is 1. The van der Waals surface area contributed by atoms with Crippen molar-refractivity contribution in [3.8, 4) is 0 Å². The number of thiazole rings is 1. The Morgan fingerprint density at radius 2 is 2.31 bits per heavy atom. The van der Waals surface area contributed by atoms with Crippen LogP contribution in [0, 0.1) is 6.92 Å². The van der Waals surface area contributed by atoms with E-state index >= 15 is 0 Å². The van der Waals surface area contributed by atoms with Crippen molar-refractivity contribution >= 4 is 11.3 Å². The fourth-order valence-corrected chi connectivity index (χ4v) is 3.16. The van der Waals surface area contributed by atoms with Gasteiger partial charge in [-0.3, -0.25) is 0 Å². The van der Waals surface area contributed by atoms with Crippen LogP contribution in [0.4, 0.5) is 0 Å². The van der Waals surface area contributed by atoms with Crippen molar-refractivity contribution in [2.75, 3.05) is 20.1 Å². The molecule has 1 aliphatic heterocycles. The third-order valence-corrected chi connectivity index (χ3v) is 4.25. The molecule has 0 aliphatic carbocycles. The van der Waals surface area contributed by atoms with Gasteiger partial charge >= 0.3 is 0 Å². The van der Waals surface area contributed by atoms with Crippen LogP contribution < -0.4 is 0 Å². The highest BCUT2D eigenvalue weighted by atomic mass is 32.1. The van der Waals surface area contributed by atoms with Crippen LogP contribution in [0.5, 0.6) is 0 Å². The molecule has 0 spiro atoms. The molecule has 0 saturated carbocycles. The molecule has 1 saturated heterocycles. The van der Waals surface area contributed by atoms with E-state index in [1.807, 2.05) is 6.92 Å². The number of rotatable bonds is 2. The van der Waals surface area contributed by atoms with E-state index in [0.29, 0.717) is 0 Å². The van der Waals surface area contributed by atoms with Gasteiger partial charge in [-0.05, 0) is 39.8 Å². The standard InChI is InChI=1S/C12H20N2OS/c1-10-9-16-11(13-10)8-12(15)4-3-6-14(2)7-5-12/h9,15H,3-8H2,1-2H3. The molecule has 1 atom stereocenters. The highest BCUT2D eigenvalue weighted by Crippen LogP contribution is 2.27. The van der Waals surface area contributed by atoms with E-state index in [1.165, 1.54) is 0 Å². The molecule has 1 aliphatic rings. The molecule has 0 amide bonds. The number of aromatic nitrogens is 1.